The molecule has 6 nitrogen and oxygen atoms in total. The molecule has 1 atom stereocenters. The molecule has 0 fully saturated rings. The van der Waals surface area contributed by atoms with E-state index in [0.29, 0.717) is 22.6 Å². The molecule has 152 valence electrons. The Bertz CT molecular complexity index is 944. The molecule has 3 rings (SSSR count). The summed E-state index contributed by atoms with van der Waals surface area (Å²) in [5.41, 5.74) is 0.545. The van der Waals surface area contributed by atoms with E-state index in [9.17, 15) is 9.59 Å². The number of carbonyl (C=O) groups is 2. The SMILES string of the molecule is CCOC(=O)[C@@]1(CC)Oc2ccccc2C(c2ccc(OC)cc2)=C1C(=O)OC. The van der Waals surface area contributed by atoms with Gasteiger partial charge in [0, 0.05) is 11.1 Å². The maximum atomic E-state index is 13.1. The number of hydrogen-bond acceptors (Lipinski definition) is 6. The molecule has 0 unspecified atom stereocenters. The Labute approximate surface area is 170 Å². The number of hydrogen-bond donors (Lipinski definition) is 0. The predicted octanol–water partition coefficient (Wildman–Crippen LogP) is 3.77. The van der Waals surface area contributed by atoms with Crippen LogP contribution in [0, 0.1) is 0 Å². The van der Waals surface area contributed by atoms with Gasteiger partial charge < -0.3 is 18.9 Å². The number of fused-ring (bicyclic) bond motifs is 1. The summed E-state index contributed by atoms with van der Waals surface area (Å²) < 4.78 is 21.8. The first-order valence-corrected chi connectivity index (χ1v) is 9.45. The summed E-state index contributed by atoms with van der Waals surface area (Å²) in [6.45, 7) is 3.65. The third kappa shape index (κ3) is 3.46. The summed E-state index contributed by atoms with van der Waals surface area (Å²) >= 11 is 0. The Kier molecular flexibility index (Phi) is 5.92. The van der Waals surface area contributed by atoms with E-state index in [0.717, 1.165) is 5.56 Å². The number of para-hydroxylation sites is 1. The maximum absolute atomic E-state index is 13.1. The van der Waals surface area contributed by atoms with E-state index in [4.69, 9.17) is 18.9 Å². The first-order valence-electron chi connectivity index (χ1n) is 9.45. The summed E-state index contributed by atoms with van der Waals surface area (Å²) in [6, 6.07) is 14.6. The number of esters is 2. The van der Waals surface area contributed by atoms with Crippen LogP contribution in [0.15, 0.2) is 54.1 Å². The van der Waals surface area contributed by atoms with Crippen LogP contribution in [0.5, 0.6) is 11.5 Å². The molecule has 1 heterocycles. The highest BCUT2D eigenvalue weighted by atomic mass is 16.6. The zero-order chi connectivity index (χ0) is 21.0. The predicted molar refractivity (Wildman–Crippen MR) is 108 cm³/mol. The molecule has 1 aliphatic heterocycles. The van der Waals surface area contributed by atoms with E-state index in [2.05, 4.69) is 0 Å². The lowest BCUT2D eigenvalue weighted by Crippen LogP contribution is -2.51. The van der Waals surface area contributed by atoms with Crippen molar-refractivity contribution in [2.24, 2.45) is 0 Å². The lowest BCUT2D eigenvalue weighted by molar-refractivity contribution is -0.162. The molecule has 29 heavy (non-hydrogen) atoms. The molecule has 0 aliphatic carbocycles. The van der Waals surface area contributed by atoms with Crippen LogP contribution >= 0.6 is 0 Å². The molecule has 0 bridgehead atoms. The van der Waals surface area contributed by atoms with Crippen molar-refractivity contribution in [2.75, 3.05) is 20.8 Å². The number of benzene rings is 2. The maximum Gasteiger partial charge on any atom is 0.355 e. The van der Waals surface area contributed by atoms with E-state index in [-0.39, 0.29) is 18.6 Å². The van der Waals surface area contributed by atoms with Crippen LogP contribution in [0.4, 0.5) is 0 Å². The van der Waals surface area contributed by atoms with Gasteiger partial charge in [0.1, 0.15) is 17.1 Å². The zero-order valence-electron chi connectivity index (χ0n) is 17.0. The van der Waals surface area contributed by atoms with Crippen molar-refractivity contribution < 1.29 is 28.5 Å². The molecule has 2 aromatic rings. The molecule has 0 spiro atoms. The molecular weight excluding hydrogens is 372 g/mol. The van der Waals surface area contributed by atoms with Gasteiger partial charge in [0.25, 0.3) is 0 Å². The summed E-state index contributed by atoms with van der Waals surface area (Å²) in [7, 11) is 2.87. The summed E-state index contributed by atoms with van der Waals surface area (Å²) in [6.07, 6.45) is 0.199. The van der Waals surface area contributed by atoms with Crippen LogP contribution in [0.2, 0.25) is 0 Å². The molecule has 0 radical (unpaired) electrons. The lowest BCUT2D eigenvalue weighted by Gasteiger charge is -2.38. The lowest BCUT2D eigenvalue weighted by atomic mass is 9.79. The fraction of sp³-hybridized carbons (Fsp3) is 0.304. The molecule has 2 aromatic carbocycles. The number of rotatable bonds is 6. The highest BCUT2D eigenvalue weighted by molar-refractivity contribution is 6.11. The minimum atomic E-state index is -1.60. The van der Waals surface area contributed by atoms with Crippen molar-refractivity contribution in [3.63, 3.8) is 0 Å². The molecule has 0 saturated carbocycles. The van der Waals surface area contributed by atoms with Crippen molar-refractivity contribution in [1.29, 1.82) is 0 Å². The number of ether oxygens (including phenoxy) is 4. The van der Waals surface area contributed by atoms with Gasteiger partial charge in [0.2, 0.25) is 5.60 Å². The fourth-order valence-corrected chi connectivity index (χ4v) is 3.55. The van der Waals surface area contributed by atoms with Crippen molar-refractivity contribution in [3.05, 3.63) is 65.2 Å². The van der Waals surface area contributed by atoms with E-state index in [1.807, 2.05) is 30.3 Å². The Morgan fingerprint density at radius 2 is 1.69 bits per heavy atom. The van der Waals surface area contributed by atoms with Gasteiger partial charge in [0.05, 0.1) is 20.8 Å². The van der Waals surface area contributed by atoms with E-state index in [1.54, 1.807) is 39.2 Å². The second-order valence-electron chi connectivity index (χ2n) is 6.47. The van der Waals surface area contributed by atoms with Crippen LogP contribution in [0.25, 0.3) is 5.57 Å². The largest absolute Gasteiger partial charge is 0.497 e. The topological polar surface area (TPSA) is 71.1 Å². The smallest absolute Gasteiger partial charge is 0.355 e. The van der Waals surface area contributed by atoms with Gasteiger partial charge in [-0.2, -0.15) is 0 Å². The summed E-state index contributed by atoms with van der Waals surface area (Å²) in [5.74, 6) is -0.0778. The quantitative estimate of drug-likeness (QED) is 0.692. The minimum Gasteiger partial charge on any atom is -0.497 e. The third-order valence-electron chi connectivity index (χ3n) is 4.97. The first-order chi connectivity index (χ1) is 14.0. The van der Waals surface area contributed by atoms with Crippen molar-refractivity contribution >= 4 is 17.5 Å². The van der Waals surface area contributed by atoms with E-state index >= 15 is 0 Å². The summed E-state index contributed by atoms with van der Waals surface area (Å²) in [5, 5.41) is 0. The Balaban J connectivity index is 2.38. The van der Waals surface area contributed by atoms with E-state index in [1.165, 1.54) is 7.11 Å². The molecule has 0 saturated heterocycles. The molecule has 6 heteroatoms. The van der Waals surface area contributed by atoms with Gasteiger partial charge in [-0.3, -0.25) is 0 Å². The van der Waals surface area contributed by atoms with Crippen LogP contribution in [-0.2, 0) is 19.1 Å². The highest BCUT2D eigenvalue weighted by Gasteiger charge is 2.53. The Morgan fingerprint density at radius 1 is 1.00 bits per heavy atom. The molecule has 0 amide bonds. The van der Waals surface area contributed by atoms with Crippen LogP contribution < -0.4 is 9.47 Å². The van der Waals surface area contributed by atoms with Crippen molar-refractivity contribution in [3.8, 4) is 11.5 Å². The summed E-state index contributed by atoms with van der Waals surface area (Å²) in [4.78, 5) is 26.0. The molecule has 1 aliphatic rings. The van der Waals surface area contributed by atoms with Gasteiger partial charge in [-0.15, -0.1) is 0 Å². The minimum absolute atomic E-state index is 0.129. The van der Waals surface area contributed by atoms with Gasteiger partial charge in [0.15, 0.2) is 0 Å². The average molecular weight is 396 g/mol. The molecular formula is C23H24O6. The third-order valence-corrected chi connectivity index (χ3v) is 4.97. The highest BCUT2D eigenvalue weighted by Crippen LogP contribution is 2.46. The van der Waals surface area contributed by atoms with Crippen molar-refractivity contribution in [2.45, 2.75) is 25.9 Å². The van der Waals surface area contributed by atoms with E-state index < -0.39 is 17.5 Å². The number of methoxy groups -OCH3 is 2. The Morgan fingerprint density at radius 3 is 2.28 bits per heavy atom. The number of carbonyl (C=O) groups excluding carboxylic acids is 2. The zero-order valence-corrected chi connectivity index (χ0v) is 17.0. The van der Waals surface area contributed by atoms with Gasteiger partial charge in [-0.05, 0) is 37.1 Å². The van der Waals surface area contributed by atoms with Crippen molar-refractivity contribution in [1.82, 2.24) is 0 Å². The molecule has 0 N–H and O–H groups in total. The standard InChI is InChI=1S/C23H24O6/c1-5-23(22(25)28-6-2)20(21(24)27-4)19(15-11-13-16(26-3)14-12-15)17-9-7-8-10-18(17)29-23/h7-14H,5-6H2,1-4H3/t23-/m0/s1. The fourth-order valence-electron chi connectivity index (χ4n) is 3.55. The van der Waals surface area contributed by atoms with Gasteiger partial charge >= 0.3 is 11.9 Å². The first kappa shape index (κ1) is 20.5. The van der Waals surface area contributed by atoms with Crippen LogP contribution in [-0.4, -0.2) is 38.4 Å². The second kappa shape index (κ2) is 8.39. The van der Waals surface area contributed by atoms with Crippen LogP contribution in [0.3, 0.4) is 0 Å². The van der Waals surface area contributed by atoms with Crippen LogP contribution in [0.1, 0.15) is 31.4 Å². The second-order valence-corrected chi connectivity index (χ2v) is 6.47. The molecule has 0 aromatic heterocycles. The van der Waals surface area contributed by atoms with Gasteiger partial charge in [-0.1, -0.05) is 37.3 Å². The Hall–Kier alpha value is -3.28. The monoisotopic (exact) mass is 396 g/mol. The normalized spacial score (nSPS) is 17.8. The van der Waals surface area contributed by atoms with Gasteiger partial charge in [-0.25, -0.2) is 9.59 Å². The average Bonchev–Trinajstić information content (AvgIpc) is 2.77.